The van der Waals surface area contributed by atoms with Gasteiger partial charge >= 0.3 is 0 Å². The number of allylic oxidation sites excluding steroid dienone is 1. The van der Waals surface area contributed by atoms with E-state index in [0.717, 1.165) is 24.8 Å². The van der Waals surface area contributed by atoms with Crippen LogP contribution in [0.3, 0.4) is 0 Å². The SMILES string of the molecule is O=C(NC(CC1=CCCCC1)c1ccccc1)c1ccccn1. The van der Waals surface area contributed by atoms with E-state index < -0.39 is 0 Å². The first kappa shape index (κ1) is 15.5. The Balaban J connectivity index is 1.77. The Kier molecular flexibility index (Phi) is 5.20. The first-order chi connectivity index (χ1) is 11.3. The van der Waals surface area contributed by atoms with Gasteiger partial charge in [-0.3, -0.25) is 9.78 Å². The second kappa shape index (κ2) is 7.73. The molecule has 0 saturated heterocycles. The highest BCUT2D eigenvalue weighted by atomic mass is 16.1. The molecule has 1 aliphatic carbocycles. The van der Waals surface area contributed by atoms with Gasteiger partial charge in [0, 0.05) is 6.20 Å². The summed E-state index contributed by atoms with van der Waals surface area (Å²) in [4.78, 5) is 16.6. The van der Waals surface area contributed by atoms with Gasteiger partial charge in [-0.25, -0.2) is 0 Å². The van der Waals surface area contributed by atoms with Gasteiger partial charge in [0.15, 0.2) is 0 Å². The Morgan fingerprint density at radius 1 is 1.09 bits per heavy atom. The molecule has 0 fully saturated rings. The number of benzene rings is 1. The zero-order chi connectivity index (χ0) is 15.9. The van der Waals surface area contributed by atoms with Gasteiger partial charge in [0.1, 0.15) is 5.69 Å². The van der Waals surface area contributed by atoms with Gasteiger partial charge in [-0.05, 0) is 49.8 Å². The Labute approximate surface area is 137 Å². The van der Waals surface area contributed by atoms with Crippen molar-refractivity contribution in [2.45, 2.75) is 38.1 Å². The highest BCUT2D eigenvalue weighted by Crippen LogP contribution is 2.27. The molecule has 2 aromatic rings. The fourth-order valence-corrected chi connectivity index (χ4v) is 3.02. The van der Waals surface area contributed by atoms with E-state index in [1.165, 1.54) is 18.4 Å². The predicted octanol–water partition coefficient (Wildman–Crippen LogP) is 4.44. The van der Waals surface area contributed by atoms with Crippen molar-refractivity contribution in [3.05, 3.63) is 77.6 Å². The molecule has 0 bridgehead atoms. The van der Waals surface area contributed by atoms with Crippen LogP contribution >= 0.6 is 0 Å². The summed E-state index contributed by atoms with van der Waals surface area (Å²) < 4.78 is 0. The number of carbonyl (C=O) groups is 1. The Morgan fingerprint density at radius 3 is 2.61 bits per heavy atom. The number of rotatable bonds is 5. The third kappa shape index (κ3) is 4.28. The lowest BCUT2D eigenvalue weighted by Gasteiger charge is -2.22. The van der Waals surface area contributed by atoms with Crippen molar-refractivity contribution in [2.75, 3.05) is 0 Å². The smallest absolute Gasteiger partial charge is 0.270 e. The summed E-state index contributed by atoms with van der Waals surface area (Å²) in [5.74, 6) is -0.115. The molecule has 1 aromatic carbocycles. The second-order valence-electron chi connectivity index (χ2n) is 5.96. The maximum Gasteiger partial charge on any atom is 0.270 e. The van der Waals surface area contributed by atoms with Crippen molar-refractivity contribution in [2.24, 2.45) is 0 Å². The molecule has 3 nitrogen and oxygen atoms in total. The topological polar surface area (TPSA) is 42.0 Å². The van der Waals surface area contributed by atoms with Crippen molar-refractivity contribution in [1.29, 1.82) is 0 Å². The lowest BCUT2D eigenvalue weighted by atomic mass is 9.91. The number of amides is 1. The molecule has 3 heteroatoms. The minimum atomic E-state index is -0.115. The van der Waals surface area contributed by atoms with E-state index in [4.69, 9.17) is 0 Å². The van der Waals surface area contributed by atoms with Crippen LogP contribution < -0.4 is 5.32 Å². The van der Waals surface area contributed by atoms with Crippen LogP contribution in [0.1, 0.15) is 54.2 Å². The van der Waals surface area contributed by atoms with Crippen LogP contribution in [0.25, 0.3) is 0 Å². The van der Waals surface area contributed by atoms with E-state index in [1.54, 1.807) is 12.3 Å². The number of hydrogen-bond donors (Lipinski definition) is 1. The lowest BCUT2D eigenvalue weighted by molar-refractivity contribution is 0.0931. The predicted molar refractivity (Wildman–Crippen MR) is 92.1 cm³/mol. The van der Waals surface area contributed by atoms with E-state index in [9.17, 15) is 4.79 Å². The second-order valence-corrected chi connectivity index (χ2v) is 5.96. The number of nitrogens with one attached hydrogen (secondary N) is 1. The van der Waals surface area contributed by atoms with Gasteiger partial charge in [0.05, 0.1) is 6.04 Å². The first-order valence-electron chi connectivity index (χ1n) is 8.27. The average molecular weight is 306 g/mol. The third-order valence-electron chi connectivity index (χ3n) is 4.26. The molecule has 0 spiro atoms. The molecular formula is C20H22N2O. The van der Waals surface area contributed by atoms with Crippen LogP contribution in [0.5, 0.6) is 0 Å². The number of nitrogens with zero attached hydrogens (tertiary/aromatic N) is 1. The van der Waals surface area contributed by atoms with E-state index >= 15 is 0 Å². The molecule has 1 N–H and O–H groups in total. The van der Waals surface area contributed by atoms with Gasteiger partial charge in [0.25, 0.3) is 5.91 Å². The van der Waals surface area contributed by atoms with Crippen molar-refractivity contribution >= 4 is 5.91 Å². The van der Waals surface area contributed by atoms with E-state index in [-0.39, 0.29) is 11.9 Å². The van der Waals surface area contributed by atoms with Crippen molar-refractivity contribution in [1.82, 2.24) is 10.3 Å². The molecule has 3 rings (SSSR count). The van der Waals surface area contributed by atoms with E-state index in [2.05, 4.69) is 28.5 Å². The normalized spacial score (nSPS) is 15.6. The quantitative estimate of drug-likeness (QED) is 0.830. The summed E-state index contributed by atoms with van der Waals surface area (Å²) in [6, 6.07) is 15.6. The molecule has 1 aromatic heterocycles. The summed E-state index contributed by atoms with van der Waals surface area (Å²) in [6.07, 6.45) is 9.69. The highest BCUT2D eigenvalue weighted by molar-refractivity contribution is 5.92. The zero-order valence-corrected chi connectivity index (χ0v) is 13.2. The summed E-state index contributed by atoms with van der Waals surface area (Å²) in [5, 5.41) is 3.15. The van der Waals surface area contributed by atoms with Gasteiger partial charge in [-0.2, -0.15) is 0 Å². The van der Waals surface area contributed by atoms with Crippen LogP contribution in [0, 0.1) is 0 Å². The highest BCUT2D eigenvalue weighted by Gasteiger charge is 2.18. The molecule has 0 radical (unpaired) electrons. The van der Waals surface area contributed by atoms with Gasteiger partial charge < -0.3 is 5.32 Å². The Bertz CT molecular complexity index is 665. The van der Waals surface area contributed by atoms with Crippen molar-refractivity contribution in [3.63, 3.8) is 0 Å². The number of hydrogen-bond acceptors (Lipinski definition) is 2. The monoisotopic (exact) mass is 306 g/mol. The first-order valence-corrected chi connectivity index (χ1v) is 8.27. The fraction of sp³-hybridized carbons (Fsp3) is 0.300. The molecule has 1 amide bonds. The number of pyridine rings is 1. The van der Waals surface area contributed by atoms with Gasteiger partial charge in [0.2, 0.25) is 0 Å². The van der Waals surface area contributed by atoms with Crippen LogP contribution in [-0.2, 0) is 0 Å². The Hall–Kier alpha value is -2.42. The average Bonchev–Trinajstić information content (AvgIpc) is 2.63. The maximum absolute atomic E-state index is 12.5. The summed E-state index contributed by atoms with van der Waals surface area (Å²) >= 11 is 0. The lowest BCUT2D eigenvalue weighted by Crippen LogP contribution is -2.29. The zero-order valence-electron chi connectivity index (χ0n) is 13.2. The molecule has 23 heavy (non-hydrogen) atoms. The maximum atomic E-state index is 12.5. The van der Waals surface area contributed by atoms with E-state index in [0.29, 0.717) is 5.69 Å². The third-order valence-corrected chi connectivity index (χ3v) is 4.26. The van der Waals surface area contributed by atoms with Gasteiger partial charge in [-0.15, -0.1) is 0 Å². The van der Waals surface area contributed by atoms with Crippen LogP contribution in [0.2, 0.25) is 0 Å². The van der Waals surface area contributed by atoms with Crippen LogP contribution in [-0.4, -0.2) is 10.9 Å². The molecule has 1 atom stereocenters. The van der Waals surface area contributed by atoms with Crippen LogP contribution in [0.15, 0.2) is 66.4 Å². The van der Waals surface area contributed by atoms with Gasteiger partial charge in [-0.1, -0.05) is 48.0 Å². The van der Waals surface area contributed by atoms with E-state index in [1.807, 2.05) is 30.3 Å². The molecule has 0 aliphatic heterocycles. The molecule has 118 valence electrons. The van der Waals surface area contributed by atoms with Crippen molar-refractivity contribution < 1.29 is 4.79 Å². The van der Waals surface area contributed by atoms with Crippen molar-refractivity contribution in [3.8, 4) is 0 Å². The largest absolute Gasteiger partial charge is 0.344 e. The molecule has 0 saturated carbocycles. The fourth-order valence-electron chi connectivity index (χ4n) is 3.02. The molecule has 1 unspecified atom stereocenters. The van der Waals surface area contributed by atoms with Crippen LogP contribution in [0.4, 0.5) is 0 Å². The summed E-state index contributed by atoms with van der Waals surface area (Å²) in [6.45, 7) is 0. The Morgan fingerprint density at radius 2 is 1.91 bits per heavy atom. The minimum absolute atomic E-state index is 0.00458. The molecular weight excluding hydrogens is 284 g/mol. The molecule has 1 aliphatic rings. The minimum Gasteiger partial charge on any atom is -0.344 e. The summed E-state index contributed by atoms with van der Waals surface area (Å²) in [7, 11) is 0. The number of carbonyl (C=O) groups excluding carboxylic acids is 1. The standard InChI is InChI=1S/C20H22N2O/c23-20(18-13-7-8-14-21-18)22-19(17-11-5-2-6-12-17)15-16-9-3-1-4-10-16/h2,5-9,11-14,19H,1,3-4,10,15H2,(H,22,23). The molecule has 1 heterocycles. The number of aromatic nitrogens is 1. The summed E-state index contributed by atoms with van der Waals surface area (Å²) in [5.41, 5.74) is 3.06.